The van der Waals surface area contributed by atoms with E-state index >= 15 is 0 Å². The fraction of sp³-hybridized carbons (Fsp3) is 0.600. The Bertz CT molecular complexity index is 1520. The number of carbonyl (C=O) groups excluding carboxylic acids is 1. The van der Waals surface area contributed by atoms with E-state index in [4.69, 9.17) is 58.5 Å². The van der Waals surface area contributed by atoms with Crippen molar-refractivity contribution in [3.63, 3.8) is 0 Å². The van der Waals surface area contributed by atoms with E-state index in [1.54, 1.807) is 6.07 Å². The molecule has 1 saturated heterocycles. The first kappa shape index (κ1) is 36.9. The van der Waals surface area contributed by atoms with Crippen LogP contribution in [0.1, 0.15) is 67.7 Å². The molecule has 280 valence electrons. The summed E-state index contributed by atoms with van der Waals surface area (Å²) in [7, 11) is 0. The van der Waals surface area contributed by atoms with Crippen molar-refractivity contribution < 1.29 is 72.6 Å². The number of aliphatic hydroxyl groups is 2. The highest BCUT2D eigenvalue weighted by molar-refractivity contribution is 5.90. The first-order valence-electron chi connectivity index (χ1n) is 17.3. The van der Waals surface area contributed by atoms with Crippen LogP contribution in [0.4, 0.5) is 0 Å². The molecule has 0 amide bonds. The van der Waals surface area contributed by atoms with Gasteiger partial charge in [-0.1, -0.05) is 19.8 Å². The number of unbranched alkanes of at least 4 members (excludes halogenated alkanes) is 2. The van der Waals surface area contributed by atoms with Crippen LogP contribution in [-0.2, 0) is 39.8 Å². The van der Waals surface area contributed by atoms with E-state index in [2.05, 4.69) is 6.92 Å². The summed E-state index contributed by atoms with van der Waals surface area (Å²) in [4.78, 5) is 34.8. The molecule has 2 aromatic rings. The van der Waals surface area contributed by atoms with Crippen LogP contribution in [0.3, 0.4) is 0 Å². The molecule has 7 atom stereocenters. The van der Waals surface area contributed by atoms with E-state index in [1.807, 2.05) is 18.2 Å². The number of hydrogen-bond donors (Lipinski definition) is 4. The summed E-state index contributed by atoms with van der Waals surface area (Å²) < 4.78 is 46.9. The maximum Gasteiger partial charge on any atom is 0.317 e. The minimum absolute atomic E-state index is 0.0248. The molecule has 16 nitrogen and oxygen atoms in total. The second-order valence-electron chi connectivity index (χ2n) is 12.7. The van der Waals surface area contributed by atoms with E-state index in [0.717, 1.165) is 41.7 Å². The fourth-order valence-corrected chi connectivity index (χ4v) is 6.61. The maximum absolute atomic E-state index is 12.0. The highest BCUT2D eigenvalue weighted by atomic mass is 17.2. The number of aliphatic carboxylic acids is 1. The van der Waals surface area contributed by atoms with Crippen molar-refractivity contribution in [3.05, 3.63) is 41.0 Å². The van der Waals surface area contributed by atoms with Gasteiger partial charge in [0.15, 0.2) is 29.6 Å². The van der Waals surface area contributed by atoms with Crippen molar-refractivity contribution in [2.45, 2.75) is 88.2 Å². The number of hydrogen-bond acceptors (Lipinski definition) is 15. The molecule has 0 saturated carbocycles. The van der Waals surface area contributed by atoms with Gasteiger partial charge in [0.1, 0.15) is 48.9 Å². The molecule has 0 bridgehead atoms. The first-order valence-corrected chi connectivity index (χ1v) is 17.3. The number of carbonyl (C=O) groups is 2. The quantitative estimate of drug-likeness (QED) is 0.0572. The molecule has 51 heavy (non-hydrogen) atoms. The molecule has 4 aliphatic heterocycles. The van der Waals surface area contributed by atoms with E-state index < -0.39 is 55.7 Å². The molecule has 2 aromatic carbocycles. The van der Waals surface area contributed by atoms with Crippen LogP contribution in [-0.4, -0.2) is 104 Å². The van der Waals surface area contributed by atoms with Gasteiger partial charge in [0.05, 0.1) is 19.1 Å². The number of nitrogens with two attached hydrogens (primary N) is 1. The summed E-state index contributed by atoms with van der Waals surface area (Å²) in [5, 5.41) is 29.8. The van der Waals surface area contributed by atoms with Crippen LogP contribution in [0.2, 0.25) is 0 Å². The normalized spacial score (nSPS) is 25.6. The summed E-state index contributed by atoms with van der Waals surface area (Å²) in [6, 6.07) is 7.40. The fourth-order valence-electron chi connectivity index (χ4n) is 6.61. The largest absolute Gasteiger partial charge is 0.492 e. The average Bonchev–Trinajstić information content (AvgIpc) is 3.73. The number of fused-ring (bicyclic) bond motifs is 6. The van der Waals surface area contributed by atoms with Crippen LogP contribution in [0, 0.1) is 0 Å². The summed E-state index contributed by atoms with van der Waals surface area (Å²) in [5.74, 6) is 0.572. The monoisotopic (exact) mass is 719 g/mol. The third kappa shape index (κ3) is 8.43. The van der Waals surface area contributed by atoms with Crippen LogP contribution < -0.4 is 29.6 Å². The van der Waals surface area contributed by atoms with Gasteiger partial charge in [0.2, 0.25) is 6.79 Å². The van der Waals surface area contributed by atoms with Gasteiger partial charge in [-0.05, 0) is 43.0 Å². The van der Waals surface area contributed by atoms with Crippen molar-refractivity contribution in [2.75, 3.05) is 46.4 Å². The van der Waals surface area contributed by atoms with Crippen LogP contribution in [0.5, 0.6) is 28.7 Å². The first-order chi connectivity index (χ1) is 24.8. The molecule has 4 aliphatic rings. The van der Waals surface area contributed by atoms with Gasteiger partial charge < -0.3 is 63.8 Å². The lowest BCUT2D eigenvalue weighted by atomic mass is 9.87. The van der Waals surface area contributed by atoms with Gasteiger partial charge in [0, 0.05) is 37.0 Å². The molecule has 0 aromatic heterocycles. The second kappa shape index (κ2) is 17.1. The Morgan fingerprint density at radius 3 is 2.55 bits per heavy atom. The molecule has 1 fully saturated rings. The van der Waals surface area contributed by atoms with Gasteiger partial charge in [-0.2, -0.15) is 4.89 Å². The molecule has 16 heteroatoms. The predicted molar refractivity (Wildman–Crippen MR) is 174 cm³/mol. The number of ether oxygens (including phenoxy) is 8. The highest BCUT2D eigenvalue weighted by Crippen LogP contribution is 2.55. The summed E-state index contributed by atoms with van der Waals surface area (Å²) in [6.45, 7) is 2.26. The Morgan fingerprint density at radius 1 is 0.961 bits per heavy atom. The summed E-state index contributed by atoms with van der Waals surface area (Å²) in [6.07, 6.45) is -3.49. The lowest BCUT2D eigenvalue weighted by Gasteiger charge is -2.42. The van der Waals surface area contributed by atoms with Crippen LogP contribution in [0.15, 0.2) is 24.3 Å². The number of aliphatic hydroxyl groups excluding tert-OH is 2. The molecule has 0 unspecified atom stereocenters. The van der Waals surface area contributed by atoms with Gasteiger partial charge >= 0.3 is 11.9 Å². The SMILES string of the molecule is CCCCCc1cc(OO[C@H]2[C@H](OCCN)O[C@H](COC(=O)CC(=O)O)[C@@H](OCCCO)[C@@H]2O)cc2c1OC[C@@H]1c3cc4c(cc3O[C@H]21)OCO4. The molecular weight excluding hydrogens is 674 g/mol. The lowest BCUT2D eigenvalue weighted by Crippen LogP contribution is -2.61. The average molecular weight is 720 g/mol. The molecule has 0 spiro atoms. The molecule has 5 N–H and O–H groups in total. The molecular formula is C35H45NO15. The summed E-state index contributed by atoms with van der Waals surface area (Å²) in [5.41, 5.74) is 8.34. The Hall–Kier alpha value is -3.90. The number of aryl methyl sites for hydroxylation is 1. The van der Waals surface area contributed by atoms with Gasteiger partial charge in [-0.25, -0.2) is 0 Å². The van der Waals surface area contributed by atoms with Gasteiger partial charge in [-0.15, -0.1) is 0 Å². The maximum atomic E-state index is 12.0. The zero-order valence-corrected chi connectivity index (χ0v) is 28.4. The number of rotatable bonds is 18. The minimum atomic E-state index is -1.45. The number of benzene rings is 2. The topological polar surface area (TPSA) is 213 Å². The third-order valence-electron chi connectivity index (χ3n) is 9.04. The van der Waals surface area contributed by atoms with Gasteiger partial charge in [-0.3, -0.25) is 9.59 Å². The van der Waals surface area contributed by atoms with Crippen molar-refractivity contribution in [3.8, 4) is 28.7 Å². The van der Waals surface area contributed by atoms with Gasteiger partial charge in [0.25, 0.3) is 0 Å². The molecule has 4 heterocycles. The van der Waals surface area contributed by atoms with Crippen molar-refractivity contribution in [1.29, 1.82) is 0 Å². The van der Waals surface area contributed by atoms with E-state index in [9.17, 15) is 19.8 Å². The Balaban J connectivity index is 1.23. The Labute approximate surface area is 294 Å². The zero-order valence-electron chi connectivity index (χ0n) is 28.4. The number of esters is 1. The molecule has 6 rings (SSSR count). The third-order valence-corrected chi connectivity index (χ3v) is 9.04. The van der Waals surface area contributed by atoms with E-state index in [1.165, 1.54) is 0 Å². The minimum Gasteiger partial charge on any atom is -0.492 e. The predicted octanol–water partition coefficient (Wildman–Crippen LogP) is 2.28. The van der Waals surface area contributed by atoms with Crippen molar-refractivity contribution in [1.82, 2.24) is 0 Å². The van der Waals surface area contributed by atoms with Crippen molar-refractivity contribution in [2.24, 2.45) is 5.73 Å². The second-order valence-corrected chi connectivity index (χ2v) is 12.7. The number of carboxylic acid groups (broad SMARTS) is 1. The van der Waals surface area contributed by atoms with E-state index in [-0.39, 0.29) is 51.6 Å². The van der Waals surface area contributed by atoms with Crippen LogP contribution >= 0.6 is 0 Å². The lowest BCUT2D eigenvalue weighted by molar-refractivity contribution is -0.375. The molecule has 0 aliphatic carbocycles. The standard InChI is InChI=1S/C35H45NO15/c1-2-3-4-6-19-11-20(12-22-31(19)45-16-23-21-13-25-26(47-18-46-25)14-24(21)48-32(22)23)50-51-34-30(41)33(42-9-5-8-37)27(49-35(34)43-10-7-36)17-44-29(40)15-28(38)39/h11-14,23,27,30,32-35,37,41H,2-10,15-18,36H2,1H3,(H,38,39)/t23-,27-,30+,32-,33-,34-,35-/m1/s1. The Morgan fingerprint density at radius 2 is 1.78 bits per heavy atom. The smallest absolute Gasteiger partial charge is 0.317 e. The zero-order chi connectivity index (χ0) is 35.9. The van der Waals surface area contributed by atoms with E-state index in [0.29, 0.717) is 36.0 Å². The number of carboxylic acids is 1. The Kier molecular flexibility index (Phi) is 12.3. The summed E-state index contributed by atoms with van der Waals surface area (Å²) >= 11 is 0. The van der Waals surface area contributed by atoms with Crippen molar-refractivity contribution >= 4 is 11.9 Å². The highest BCUT2D eigenvalue weighted by Gasteiger charge is 2.49. The molecule has 0 radical (unpaired) electrons. The van der Waals surface area contributed by atoms with Crippen LogP contribution in [0.25, 0.3) is 0 Å².